The zero-order valence-corrected chi connectivity index (χ0v) is 11.4. The first-order chi connectivity index (χ1) is 9.49. The van der Waals surface area contributed by atoms with Gasteiger partial charge in [0.1, 0.15) is 17.5 Å². The minimum absolute atomic E-state index is 0.127. The van der Waals surface area contributed by atoms with Gasteiger partial charge in [0.25, 0.3) is 0 Å². The predicted octanol–water partition coefficient (Wildman–Crippen LogP) is 4.27. The lowest BCUT2D eigenvalue weighted by molar-refractivity contribution is 0.553. The maximum absolute atomic E-state index is 13.7. The highest BCUT2D eigenvalue weighted by atomic mass is 19.1. The lowest BCUT2D eigenvalue weighted by Crippen LogP contribution is -2.22. The molecule has 1 nitrogen and oxygen atoms in total. The lowest BCUT2D eigenvalue weighted by Gasteiger charge is -2.11. The van der Waals surface area contributed by atoms with E-state index in [2.05, 4.69) is 5.32 Å². The van der Waals surface area contributed by atoms with Crippen molar-refractivity contribution >= 4 is 0 Å². The molecule has 0 saturated heterocycles. The quantitative estimate of drug-likeness (QED) is 0.881. The van der Waals surface area contributed by atoms with Crippen LogP contribution in [0.5, 0.6) is 0 Å². The standard InChI is InChI=1S/C16H16F3N/c1-10(2)20-9-12-8-11(6-7-13(12)17)16-14(18)4-3-5-15(16)19/h3-8,10,20H,9H2,1-2H3. The zero-order chi connectivity index (χ0) is 14.7. The number of nitrogens with one attached hydrogen (secondary N) is 1. The third-order valence-electron chi connectivity index (χ3n) is 3.00. The van der Waals surface area contributed by atoms with Crippen LogP contribution >= 0.6 is 0 Å². The molecular formula is C16H16F3N. The zero-order valence-electron chi connectivity index (χ0n) is 11.4. The Morgan fingerprint density at radius 3 is 2.20 bits per heavy atom. The van der Waals surface area contributed by atoms with Gasteiger partial charge in [-0.2, -0.15) is 0 Å². The van der Waals surface area contributed by atoms with E-state index in [0.717, 1.165) is 0 Å². The first-order valence-electron chi connectivity index (χ1n) is 6.45. The molecule has 0 heterocycles. The molecule has 0 saturated carbocycles. The summed E-state index contributed by atoms with van der Waals surface area (Å²) >= 11 is 0. The Labute approximate surface area is 116 Å². The second-order valence-corrected chi connectivity index (χ2v) is 4.94. The van der Waals surface area contributed by atoms with Crippen LogP contribution in [0.3, 0.4) is 0 Å². The highest BCUT2D eigenvalue weighted by Crippen LogP contribution is 2.27. The molecule has 0 aliphatic carbocycles. The van der Waals surface area contributed by atoms with E-state index in [1.54, 1.807) is 0 Å². The van der Waals surface area contributed by atoms with Crippen LogP contribution in [0.4, 0.5) is 13.2 Å². The second-order valence-electron chi connectivity index (χ2n) is 4.94. The van der Waals surface area contributed by atoms with Crippen molar-refractivity contribution in [3.05, 3.63) is 59.4 Å². The smallest absolute Gasteiger partial charge is 0.133 e. The molecule has 0 spiro atoms. The third-order valence-corrected chi connectivity index (χ3v) is 3.00. The van der Waals surface area contributed by atoms with Crippen LogP contribution in [0.15, 0.2) is 36.4 Å². The SMILES string of the molecule is CC(C)NCc1cc(-c2c(F)cccc2F)ccc1F. The van der Waals surface area contributed by atoms with Crippen molar-refractivity contribution < 1.29 is 13.2 Å². The van der Waals surface area contributed by atoms with Crippen LogP contribution in [-0.4, -0.2) is 6.04 Å². The molecule has 0 aromatic heterocycles. The summed E-state index contributed by atoms with van der Waals surface area (Å²) in [6.07, 6.45) is 0. The topological polar surface area (TPSA) is 12.0 Å². The summed E-state index contributed by atoms with van der Waals surface area (Å²) in [4.78, 5) is 0. The van der Waals surface area contributed by atoms with E-state index in [9.17, 15) is 13.2 Å². The molecule has 0 bridgehead atoms. The first-order valence-corrected chi connectivity index (χ1v) is 6.45. The summed E-state index contributed by atoms with van der Waals surface area (Å²) in [5, 5.41) is 3.08. The van der Waals surface area contributed by atoms with Crippen molar-refractivity contribution in [3.63, 3.8) is 0 Å². The molecule has 0 unspecified atom stereocenters. The molecule has 0 aliphatic heterocycles. The summed E-state index contributed by atoms with van der Waals surface area (Å²) in [5.41, 5.74) is 0.597. The van der Waals surface area contributed by atoms with Crippen molar-refractivity contribution in [2.45, 2.75) is 26.4 Å². The molecule has 4 heteroatoms. The van der Waals surface area contributed by atoms with Gasteiger partial charge in [0, 0.05) is 18.2 Å². The molecule has 1 N–H and O–H groups in total. The van der Waals surface area contributed by atoms with Gasteiger partial charge in [0.05, 0.1) is 5.56 Å². The summed E-state index contributed by atoms with van der Waals surface area (Å²) in [6, 6.07) is 7.98. The van der Waals surface area contributed by atoms with Gasteiger partial charge < -0.3 is 5.32 Å². The second kappa shape index (κ2) is 6.09. The molecule has 0 atom stereocenters. The Morgan fingerprint density at radius 1 is 0.950 bits per heavy atom. The number of halogens is 3. The van der Waals surface area contributed by atoms with Gasteiger partial charge in [0.2, 0.25) is 0 Å². The average Bonchev–Trinajstić information content (AvgIpc) is 2.38. The minimum atomic E-state index is -0.653. The maximum atomic E-state index is 13.7. The van der Waals surface area contributed by atoms with Crippen LogP contribution in [0.2, 0.25) is 0 Å². The Bertz CT molecular complexity index is 588. The first kappa shape index (κ1) is 14.6. The van der Waals surface area contributed by atoms with E-state index in [-0.39, 0.29) is 11.6 Å². The fourth-order valence-corrected chi connectivity index (χ4v) is 1.95. The van der Waals surface area contributed by atoms with Crippen molar-refractivity contribution in [1.82, 2.24) is 5.32 Å². The number of rotatable bonds is 4. The van der Waals surface area contributed by atoms with Crippen molar-refractivity contribution in [3.8, 4) is 11.1 Å². The number of benzene rings is 2. The molecule has 0 amide bonds. The van der Waals surface area contributed by atoms with Gasteiger partial charge in [0.15, 0.2) is 0 Å². The highest BCUT2D eigenvalue weighted by molar-refractivity contribution is 5.65. The molecule has 106 valence electrons. The Morgan fingerprint density at radius 2 is 1.60 bits per heavy atom. The van der Waals surface area contributed by atoms with Gasteiger partial charge in [-0.15, -0.1) is 0 Å². The lowest BCUT2D eigenvalue weighted by atomic mass is 10.0. The monoisotopic (exact) mass is 279 g/mol. The van der Waals surface area contributed by atoms with E-state index in [1.807, 2.05) is 13.8 Å². The van der Waals surface area contributed by atoms with E-state index < -0.39 is 17.5 Å². The summed E-state index contributed by atoms with van der Waals surface area (Å²) in [6.45, 7) is 4.20. The summed E-state index contributed by atoms with van der Waals surface area (Å²) in [7, 11) is 0. The van der Waals surface area contributed by atoms with E-state index in [0.29, 0.717) is 17.7 Å². The number of hydrogen-bond acceptors (Lipinski definition) is 1. The van der Waals surface area contributed by atoms with Crippen LogP contribution < -0.4 is 5.32 Å². The summed E-state index contributed by atoms with van der Waals surface area (Å²) < 4.78 is 41.2. The van der Waals surface area contributed by atoms with E-state index >= 15 is 0 Å². The average molecular weight is 279 g/mol. The van der Waals surface area contributed by atoms with Crippen LogP contribution in [0, 0.1) is 17.5 Å². The normalized spacial score (nSPS) is 11.1. The Hall–Kier alpha value is -1.81. The summed E-state index contributed by atoms with van der Waals surface area (Å²) in [5.74, 6) is -1.70. The Balaban J connectivity index is 2.41. The van der Waals surface area contributed by atoms with Crippen LogP contribution in [0.1, 0.15) is 19.4 Å². The van der Waals surface area contributed by atoms with Crippen molar-refractivity contribution in [2.24, 2.45) is 0 Å². The third kappa shape index (κ3) is 3.20. The van der Waals surface area contributed by atoms with Crippen molar-refractivity contribution in [2.75, 3.05) is 0 Å². The van der Waals surface area contributed by atoms with Gasteiger partial charge in [-0.3, -0.25) is 0 Å². The fraction of sp³-hybridized carbons (Fsp3) is 0.250. The van der Waals surface area contributed by atoms with Gasteiger partial charge >= 0.3 is 0 Å². The molecule has 0 radical (unpaired) electrons. The predicted molar refractivity (Wildman–Crippen MR) is 73.7 cm³/mol. The van der Waals surface area contributed by atoms with Gasteiger partial charge in [-0.25, -0.2) is 13.2 Å². The van der Waals surface area contributed by atoms with Crippen LogP contribution in [0.25, 0.3) is 11.1 Å². The molecule has 2 rings (SSSR count). The van der Waals surface area contributed by atoms with Crippen LogP contribution in [-0.2, 0) is 6.54 Å². The molecule has 2 aromatic carbocycles. The van der Waals surface area contributed by atoms with E-state index in [1.165, 1.54) is 36.4 Å². The molecule has 2 aromatic rings. The highest BCUT2D eigenvalue weighted by Gasteiger charge is 2.13. The molecular weight excluding hydrogens is 263 g/mol. The molecule has 0 aliphatic rings. The van der Waals surface area contributed by atoms with Gasteiger partial charge in [-0.1, -0.05) is 26.0 Å². The maximum Gasteiger partial charge on any atom is 0.133 e. The Kier molecular flexibility index (Phi) is 4.45. The largest absolute Gasteiger partial charge is 0.310 e. The van der Waals surface area contributed by atoms with Gasteiger partial charge in [-0.05, 0) is 29.8 Å². The van der Waals surface area contributed by atoms with E-state index in [4.69, 9.17) is 0 Å². The molecule has 20 heavy (non-hydrogen) atoms. The fourth-order valence-electron chi connectivity index (χ4n) is 1.95. The molecule has 0 fully saturated rings. The number of hydrogen-bond donors (Lipinski definition) is 1. The minimum Gasteiger partial charge on any atom is -0.310 e. The van der Waals surface area contributed by atoms with Crippen molar-refractivity contribution in [1.29, 1.82) is 0 Å².